The van der Waals surface area contributed by atoms with Crippen molar-refractivity contribution in [3.63, 3.8) is 0 Å². The Bertz CT molecular complexity index is 2020. The smallest absolute Gasteiger partial charge is 0.394 e. The molecule has 94 heavy (non-hydrogen) atoms. The molecule has 554 valence electrons. The highest BCUT2D eigenvalue weighted by Gasteiger charge is 2.58. The topological polar surface area (TPSA) is 336 Å². The Kier molecular flexibility index (Phi) is 51.8. The van der Waals surface area contributed by atoms with E-state index in [1.54, 1.807) is 0 Å². The van der Waals surface area contributed by atoms with Crippen LogP contribution < -0.4 is 11.1 Å². The third-order valence-corrected chi connectivity index (χ3v) is 19.2. The first-order valence-corrected chi connectivity index (χ1v) is 40.5. The number of Topliss-reactive ketones (excluding diaryl/α,β-unsaturated/α-hetero) is 3. The lowest BCUT2D eigenvalue weighted by Gasteiger charge is -2.50. The van der Waals surface area contributed by atoms with Gasteiger partial charge in [-0.2, -0.15) is 0 Å². The van der Waals surface area contributed by atoms with Gasteiger partial charge in [-0.05, 0) is 38.5 Å². The number of amides is 1. The van der Waals surface area contributed by atoms with Crippen LogP contribution in [0.25, 0.3) is 0 Å². The van der Waals surface area contributed by atoms with Gasteiger partial charge in [-0.15, -0.1) is 0 Å². The van der Waals surface area contributed by atoms with E-state index < -0.39 is 115 Å². The second-order valence-corrected chi connectivity index (χ2v) is 29.1. The van der Waals surface area contributed by atoms with Crippen LogP contribution in [0, 0.1) is 5.92 Å². The number of phosphoric ester groups is 2. The summed E-state index contributed by atoms with van der Waals surface area (Å²) in [6.45, 7) is 5.70. The molecular weight excluding hydrogens is 1250 g/mol. The molecule has 0 aromatic carbocycles. The maximum atomic E-state index is 14.7. The largest absolute Gasteiger partial charge is 0.470 e. The van der Waals surface area contributed by atoms with Gasteiger partial charge in [0.05, 0.1) is 26.4 Å². The molecule has 2 fully saturated rings. The zero-order chi connectivity index (χ0) is 69.1. The number of aliphatic hydroxyl groups excluding tert-OH is 2. The standard InChI is InChI=1S/C70H134N2O20P2/c1-5-9-13-17-21-25-27-29-33-37-41-49-59(76)63-67(85-51-43-47-57(74)45-39-35-31-23-19-15-11-7-3)65(78)61(91-70(63,71)88-53-54-89-93(79,80)81)56-87-69-64(72-62(77)50-42-38-34-30-28-26-22-18-14-10-6-2)68(66(60(55-73)90-69)92-94(82,83)84)86-52-44-48-58(75)46-40-36-32-24-20-16-12-8-4/h60-61,63-69,73,78H,5-56,71H2,1-4H3,(H,72,77)(H2,79,80,81)(H2,82,83,84)/t60-,61-,63-,64-,65-,66-,67-,68-,69-,70-/m1/s1. The van der Waals surface area contributed by atoms with Crippen LogP contribution in [-0.4, -0.2) is 148 Å². The van der Waals surface area contributed by atoms with Gasteiger partial charge >= 0.3 is 15.6 Å². The Hall–Kier alpha value is -1.66. The van der Waals surface area contributed by atoms with Crippen molar-refractivity contribution >= 4 is 38.9 Å². The van der Waals surface area contributed by atoms with Gasteiger partial charge in [0.2, 0.25) is 11.8 Å². The van der Waals surface area contributed by atoms with Gasteiger partial charge in [-0.1, -0.05) is 246 Å². The molecule has 1 amide bonds. The highest BCUT2D eigenvalue weighted by Crippen LogP contribution is 2.43. The summed E-state index contributed by atoms with van der Waals surface area (Å²) in [6, 6.07) is -1.41. The van der Waals surface area contributed by atoms with E-state index >= 15 is 0 Å². The van der Waals surface area contributed by atoms with Gasteiger partial charge in [0.1, 0.15) is 65.9 Å². The molecule has 2 saturated heterocycles. The number of nitrogens with two attached hydrogens (primary N) is 1. The van der Waals surface area contributed by atoms with Gasteiger partial charge < -0.3 is 63.5 Å². The van der Waals surface area contributed by atoms with E-state index in [0.29, 0.717) is 25.7 Å². The van der Waals surface area contributed by atoms with Crippen molar-refractivity contribution in [2.45, 2.75) is 378 Å². The molecular formula is C70H134N2O20P2. The number of aliphatic hydroxyl groups is 2. The van der Waals surface area contributed by atoms with E-state index in [4.69, 9.17) is 38.7 Å². The van der Waals surface area contributed by atoms with Gasteiger partial charge in [0, 0.05) is 51.7 Å². The van der Waals surface area contributed by atoms with Crippen molar-refractivity contribution in [1.29, 1.82) is 0 Å². The van der Waals surface area contributed by atoms with Crippen LogP contribution in [0.5, 0.6) is 0 Å². The number of carbonyl (C=O) groups is 4. The summed E-state index contributed by atoms with van der Waals surface area (Å²) in [7, 11) is -10.3. The number of ketones is 3. The fourth-order valence-electron chi connectivity index (χ4n) is 12.7. The molecule has 10 atom stereocenters. The predicted molar refractivity (Wildman–Crippen MR) is 365 cm³/mol. The number of ether oxygens (including phenoxy) is 6. The van der Waals surface area contributed by atoms with Crippen LogP contribution in [0.1, 0.15) is 323 Å². The monoisotopic (exact) mass is 1380 g/mol. The molecule has 0 aliphatic carbocycles. The fraction of sp³-hybridized carbons (Fsp3) is 0.943. The maximum Gasteiger partial charge on any atom is 0.470 e. The summed E-state index contributed by atoms with van der Waals surface area (Å²) in [4.78, 5) is 94.6. The third-order valence-electron chi connectivity index (χ3n) is 18.1. The minimum atomic E-state index is -5.35. The van der Waals surface area contributed by atoms with Crippen molar-refractivity contribution in [2.75, 3.05) is 39.6 Å². The molecule has 2 heterocycles. The molecule has 0 saturated carbocycles. The maximum absolute atomic E-state index is 14.7. The van der Waals surface area contributed by atoms with E-state index in [1.165, 1.54) is 116 Å². The zero-order valence-electron chi connectivity index (χ0n) is 58.8. The number of phosphoric acid groups is 2. The molecule has 0 aromatic rings. The lowest BCUT2D eigenvalue weighted by Crippen LogP contribution is -2.70. The SMILES string of the molecule is CCCCCCCCCCCCCC(=O)N[C@H]1[C@H](OC[C@H]2O[C@](N)(OCCOP(=O)(O)O)[C@H](C(=O)CCCCCCCCCCCCC)[C@@H](OCCCC(=O)CCCCCCCCCC)[C@@H]2O)O[C@H](CO)[C@@H](OP(=O)(O)O)[C@@H]1OCCCC(=O)CCCCCCCCCC. The van der Waals surface area contributed by atoms with E-state index in [9.17, 15) is 58.1 Å². The fourth-order valence-corrected chi connectivity index (χ4v) is 13.6. The van der Waals surface area contributed by atoms with Crippen LogP contribution in [0.4, 0.5) is 0 Å². The van der Waals surface area contributed by atoms with Crippen LogP contribution in [0.2, 0.25) is 0 Å². The number of carbonyl (C=O) groups excluding carboxylic acids is 4. The summed E-state index contributed by atoms with van der Waals surface area (Å²) in [5.74, 6) is -4.87. The van der Waals surface area contributed by atoms with E-state index in [2.05, 4.69) is 37.5 Å². The number of hydrogen-bond acceptors (Lipinski definition) is 17. The van der Waals surface area contributed by atoms with Crippen molar-refractivity contribution in [3.8, 4) is 0 Å². The number of unbranched alkanes of at least 4 members (excludes halogenated alkanes) is 34. The summed E-state index contributed by atoms with van der Waals surface area (Å²) in [5, 5.41) is 26.2. The van der Waals surface area contributed by atoms with Gasteiger partial charge in [0.25, 0.3) is 0 Å². The van der Waals surface area contributed by atoms with Gasteiger partial charge in [0.15, 0.2) is 6.29 Å². The highest BCUT2D eigenvalue weighted by molar-refractivity contribution is 7.46. The molecule has 22 nitrogen and oxygen atoms in total. The van der Waals surface area contributed by atoms with E-state index in [-0.39, 0.29) is 63.3 Å². The number of rotatable bonds is 65. The Morgan fingerprint density at radius 2 is 0.840 bits per heavy atom. The van der Waals surface area contributed by atoms with Gasteiger partial charge in [-0.25, -0.2) is 9.13 Å². The lowest BCUT2D eigenvalue weighted by molar-refractivity contribution is -0.356. The van der Waals surface area contributed by atoms with Crippen LogP contribution in [0.3, 0.4) is 0 Å². The summed E-state index contributed by atoms with van der Waals surface area (Å²) in [5.41, 5.74) is 7.03. The molecule has 0 radical (unpaired) electrons. The molecule has 24 heteroatoms. The van der Waals surface area contributed by atoms with Gasteiger partial charge in [-0.3, -0.25) is 34.0 Å². The third kappa shape index (κ3) is 42.4. The minimum absolute atomic E-state index is 0.0111. The average Bonchev–Trinajstić information content (AvgIpc) is 0.768. The molecule has 2 aliphatic rings. The first-order valence-electron chi connectivity index (χ1n) is 37.4. The summed E-state index contributed by atoms with van der Waals surface area (Å²) < 4.78 is 72.4. The number of nitrogens with one attached hydrogen (secondary N) is 1. The Balaban J connectivity index is 2.51. The Labute approximate surface area is 566 Å². The van der Waals surface area contributed by atoms with Crippen molar-refractivity contribution in [3.05, 3.63) is 0 Å². The predicted octanol–water partition coefficient (Wildman–Crippen LogP) is 14.3. The normalized spacial score (nSPS) is 22.6. The van der Waals surface area contributed by atoms with E-state index in [0.717, 1.165) is 116 Å². The average molecular weight is 1390 g/mol. The second-order valence-electron chi connectivity index (χ2n) is 26.7. The molecule has 2 aliphatic heterocycles. The molecule has 0 bridgehead atoms. The number of hydrogen-bond donors (Lipinski definition) is 8. The Morgan fingerprint density at radius 3 is 1.24 bits per heavy atom. The minimum Gasteiger partial charge on any atom is -0.394 e. The Morgan fingerprint density at radius 1 is 0.457 bits per heavy atom. The second kappa shape index (κ2) is 55.1. The zero-order valence-corrected chi connectivity index (χ0v) is 60.6. The molecule has 0 aromatic heterocycles. The van der Waals surface area contributed by atoms with Crippen molar-refractivity contribution < 1.29 is 95.6 Å². The van der Waals surface area contributed by atoms with Crippen LogP contribution >= 0.6 is 15.6 Å². The summed E-state index contributed by atoms with van der Waals surface area (Å²) >= 11 is 0. The van der Waals surface area contributed by atoms with Crippen LogP contribution in [0.15, 0.2) is 0 Å². The van der Waals surface area contributed by atoms with Crippen molar-refractivity contribution in [2.24, 2.45) is 11.7 Å². The molecule has 2 rings (SSSR count). The highest BCUT2D eigenvalue weighted by atomic mass is 31.2. The lowest BCUT2D eigenvalue weighted by atomic mass is 9.83. The van der Waals surface area contributed by atoms with Crippen LogP contribution in [-0.2, 0) is 65.8 Å². The first-order chi connectivity index (χ1) is 45.2. The molecule has 0 spiro atoms. The summed E-state index contributed by atoms with van der Waals surface area (Å²) in [6.07, 6.45) is 30.8. The van der Waals surface area contributed by atoms with Crippen molar-refractivity contribution in [1.82, 2.24) is 5.32 Å². The molecule has 9 N–H and O–H groups in total. The molecule has 0 unspecified atom stereocenters. The quantitative estimate of drug-likeness (QED) is 0.0159. The first kappa shape index (κ1) is 88.4. The van der Waals surface area contributed by atoms with E-state index in [1.807, 2.05) is 0 Å².